The van der Waals surface area contributed by atoms with E-state index in [0.29, 0.717) is 6.42 Å². The van der Waals surface area contributed by atoms with Crippen molar-refractivity contribution >= 4 is 10.8 Å². The van der Waals surface area contributed by atoms with Crippen LogP contribution in [0.1, 0.15) is 45.8 Å². The summed E-state index contributed by atoms with van der Waals surface area (Å²) in [6, 6.07) is 14.2. The molecule has 4 heteroatoms. The smallest absolute Gasteiger partial charge is 0.126 e. The second-order valence-corrected chi connectivity index (χ2v) is 7.87. The molecule has 0 spiro atoms. The van der Waals surface area contributed by atoms with Crippen molar-refractivity contribution in [3.8, 4) is 0 Å². The van der Waals surface area contributed by atoms with Gasteiger partial charge in [-0.3, -0.25) is 0 Å². The molecule has 2 aromatic carbocycles. The number of alkyl halides is 1. The molecule has 3 rings (SSSR count). The fourth-order valence-corrected chi connectivity index (χ4v) is 3.46. The lowest BCUT2D eigenvalue weighted by atomic mass is 9.90. The van der Waals surface area contributed by atoms with E-state index >= 15 is 0 Å². The van der Waals surface area contributed by atoms with Crippen LogP contribution in [-0.4, -0.2) is 35.2 Å². The Kier molecular flexibility index (Phi) is 5.14. The third kappa shape index (κ3) is 4.20. The minimum Gasteiger partial charge on any atom is -0.388 e. The Morgan fingerprint density at radius 3 is 2.48 bits per heavy atom. The number of hydrogen-bond acceptors (Lipinski definition) is 3. The summed E-state index contributed by atoms with van der Waals surface area (Å²) in [5.74, 6) is 0. The van der Waals surface area contributed by atoms with Gasteiger partial charge in [0.2, 0.25) is 0 Å². The number of benzene rings is 2. The topological polar surface area (TPSA) is 38.7 Å². The summed E-state index contributed by atoms with van der Waals surface area (Å²) in [5, 5.41) is 12.8. The van der Waals surface area contributed by atoms with Crippen LogP contribution in [0.5, 0.6) is 0 Å². The molecule has 1 fully saturated rings. The van der Waals surface area contributed by atoms with E-state index in [1.807, 2.05) is 45.0 Å². The van der Waals surface area contributed by atoms with Gasteiger partial charge >= 0.3 is 0 Å². The first kappa shape index (κ1) is 18.3. The van der Waals surface area contributed by atoms with Crippen molar-refractivity contribution in [1.82, 2.24) is 0 Å². The van der Waals surface area contributed by atoms with Crippen LogP contribution >= 0.6 is 0 Å². The van der Waals surface area contributed by atoms with Crippen LogP contribution in [-0.2, 0) is 9.47 Å². The highest BCUT2D eigenvalue weighted by atomic mass is 19.1. The monoisotopic (exact) mass is 346 g/mol. The third-order valence-corrected chi connectivity index (χ3v) is 4.59. The Hall–Kier alpha value is -1.49. The highest BCUT2D eigenvalue weighted by Crippen LogP contribution is 2.37. The summed E-state index contributed by atoms with van der Waals surface area (Å²) in [6.07, 6.45) is -3.41. The molecule has 3 nitrogen and oxygen atoms in total. The van der Waals surface area contributed by atoms with Gasteiger partial charge in [-0.2, -0.15) is 0 Å². The zero-order chi connectivity index (χ0) is 18.2. The number of ether oxygens (including phenoxy) is 2. The van der Waals surface area contributed by atoms with Gasteiger partial charge in [0.1, 0.15) is 18.4 Å². The summed E-state index contributed by atoms with van der Waals surface area (Å²) in [4.78, 5) is 0. The zero-order valence-electron chi connectivity index (χ0n) is 15.3. The Balaban J connectivity index is 1.90. The molecule has 1 unspecified atom stereocenters. The van der Waals surface area contributed by atoms with Gasteiger partial charge in [0, 0.05) is 6.42 Å². The Labute approximate surface area is 148 Å². The maximum Gasteiger partial charge on any atom is 0.126 e. The molecular formula is C21H27FO3. The average molecular weight is 346 g/mol. The Morgan fingerprint density at radius 2 is 1.84 bits per heavy atom. The Bertz CT molecular complexity index is 722. The molecule has 0 radical (unpaired) electrons. The van der Waals surface area contributed by atoms with Crippen molar-refractivity contribution < 1.29 is 19.0 Å². The molecular weight excluding hydrogens is 319 g/mol. The van der Waals surface area contributed by atoms with Gasteiger partial charge < -0.3 is 14.6 Å². The molecule has 1 saturated heterocycles. The molecule has 0 amide bonds. The summed E-state index contributed by atoms with van der Waals surface area (Å²) in [7, 11) is 0. The van der Waals surface area contributed by atoms with Crippen LogP contribution in [0.25, 0.3) is 10.8 Å². The minimum absolute atomic E-state index is 0.302. The van der Waals surface area contributed by atoms with Crippen LogP contribution in [0.15, 0.2) is 42.5 Å². The molecule has 1 heterocycles. The molecule has 0 bridgehead atoms. The number of halogens is 1. The highest BCUT2D eigenvalue weighted by Gasteiger charge is 2.43. The number of aliphatic hydroxyl groups is 1. The molecule has 0 aromatic heterocycles. The van der Waals surface area contributed by atoms with E-state index in [1.54, 1.807) is 0 Å². The lowest BCUT2D eigenvalue weighted by Gasteiger charge is -2.42. The molecule has 1 aliphatic rings. The quantitative estimate of drug-likeness (QED) is 0.884. The van der Waals surface area contributed by atoms with Crippen molar-refractivity contribution in [1.29, 1.82) is 0 Å². The lowest BCUT2D eigenvalue weighted by molar-refractivity contribution is -0.222. The summed E-state index contributed by atoms with van der Waals surface area (Å²) < 4.78 is 26.0. The first-order valence-electron chi connectivity index (χ1n) is 8.89. The van der Waals surface area contributed by atoms with Crippen LogP contribution in [0.4, 0.5) is 4.39 Å². The molecule has 2 aromatic rings. The predicted molar refractivity (Wildman–Crippen MR) is 97.4 cm³/mol. The summed E-state index contributed by atoms with van der Waals surface area (Å²) >= 11 is 0. The van der Waals surface area contributed by atoms with Gasteiger partial charge in [0.25, 0.3) is 0 Å². The Morgan fingerprint density at radius 1 is 1.16 bits per heavy atom. The fraction of sp³-hybridized carbons (Fsp3) is 0.524. The molecule has 0 saturated carbocycles. The van der Waals surface area contributed by atoms with E-state index in [2.05, 4.69) is 18.2 Å². The van der Waals surface area contributed by atoms with Gasteiger partial charge in [-0.05, 0) is 50.1 Å². The predicted octanol–water partition coefficient (Wildman–Crippen LogP) is 4.57. The van der Waals surface area contributed by atoms with E-state index in [-0.39, 0.29) is 6.10 Å². The second-order valence-electron chi connectivity index (χ2n) is 7.87. The third-order valence-electron chi connectivity index (χ3n) is 4.59. The van der Waals surface area contributed by atoms with E-state index in [1.165, 1.54) is 6.92 Å². The van der Waals surface area contributed by atoms with Crippen LogP contribution in [0, 0.1) is 0 Å². The molecule has 136 valence electrons. The van der Waals surface area contributed by atoms with Gasteiger partial charge in [-0.15, -0.1) is 0 Å². The van der Waals surface area contributed by atoms with Crippen molar-refractivity contribution in [2.45, 2.75) is 70.3 Å². The fourth-order valence-electron chi connectivity index (χ4n) is 3.46. The van der Waals surface area contributed by atoms with Crippen LogP contribution in [0.3, 0.4) is 0 Å². The first-order chi connectivity index (χ1) is 11.7. The largest absolute Gasteiger partial charge is 0.388 e. The van der Waals surface area contributed by atoms with Gasteiger partial charge in [0.15, 0.2) is 0 Å². The number of rotatable bonds is 3. The zero-order valence-corrected chi connectivity index (χ0v) is 15.3. The number of hydrogen-bond donors (Lipinski definition) is 1. The maximum atomic E-state index is 14.0. The van der Waals surface area contributed by atoms with Crippen LogP contribution in [0.2, 0.25) is 0 Å². The first-order valence-corrected chi connectivity index (χ1v) is 8.89. The normalized spacial score (nSPS) is 28.9. The average Bonchev–Trinajstić information content (AvgIpc) is 2.54. The minimum atomic E-state index is -1.27. The van der Waals surface area contributed by atoms with Crippen LogP contribution < -0.4 is 0 Å². The number of fused-ring (bicyclic) bond motifs is 1. The lowest BCUT2D eigenvalue weighted by Crippen LogP contribution is -2.52. The van der Waals surface area contributed by atoms with Crippen molar-refractivity contribution in [3.05, 3.63) is 48.0 Å². The molecule has 5 atom stereocenters. The van der Waals surface area contributed by atoms with Crippen molar-refractivity contribution in [2.24, 2.45) is 0 Å². The van der Waals surface area contributed by atoms with E-state index in [0.717, 1.165) is 16.3 Å². The standard InChI is InChI=1S/C21H27FO3/c1-13(22)20-19(23)18(25-21(2,3)4)12-17(24-20)16-10-9-14-7-5-6-8-15(14)11-16/h5-11,13,17-20,23H,12H2,1-4H3/t13?,17-,18-,19+,20-/m0/s1. The van der Waals surface area contributed by atoms with E-state index in [4.69, 9.17) is 9.47 Å². The van der Waals surface area contributed by atoms with Crippen molar-refractivity contribution in [2.75, 3.05) is 0 Å². The van der Waals surface area contributed by atoms with E-state index < -0.39 is 30.1 Å². The van der Waals surface area contributed by atoms with E-state index in [9.17, 15) is 9.50 Å². The number of aliphatic hydroxyl groups excluding tert-OH is 1. The highest BCUT2D eigenvalue weighted by molar-refractivity contribution is 5.83. The molecule has 25 heavy (non-hydrogen) atoms. The van der Waals surface area contributed by atoms with Crippen molar-refractivity contribution in [3.63, 3.8) is 0 Å². The van der Waals surface area contributed by atoms with Gasteiger partial charge in [-0.25, -0.2) is 4.39 Å². The second kappa shape index (κ2) is 7.02. The molecule has 0 aliphatic carbocycles. The molecule has 1 aliphatic heterocycles. The molecule has 1 N–H and O–H groups in total. The summed E-state index contributed by atoms with van der Waals surface area (Å²) in [6.45, 7) is 7.24. The maximum absolute atomic E-state index is 14.0. The summed E-state index contributed by atoms with van der Waals surface area (Å²) in [5.41, 5.74) is 0.569. The van der Waals surface area contributed by atoms with Gasteiger partial charge in [-0.1, -0.05) is 36.4 Å². The van der Waals surface area contributed by atoms with Gasteiger partial charge in [0.05, 0.1) is 17.8 Å². The SMILES string of the molecule is CC(F)[C@@H]1O[C@H](c2ccc3ccccc3c2)C[C@H](OC(C)(C)C)[C@H]1O.